The minimum atomic E-state index is -3.43. The Kier molecular flexibility index (Phi) is 5.13. The van der Waals surface area contributed by atoms with E-state index in [1.54, 1.807) is 0 Å². The maximum atomic E-state index is 11.8. The minimum absolute atomic E-state index is 0.157. The third kappa shape index (κ3) is 3.99. The van der Waals surface area contributed by atoms with E-state index in [0.29, 0.717) is 19.7 Å². The van der Waals surface area contributed by atoms with Gasteiger partial charge in [-0.2, -0.15) is 12.7 Å². The van der Waals surface area contributed by atoms with Crippen LogP contribution < -0.4 is 4.72 Å². The first-order chi connectivity index (χ1) is 7.45. The van der Waals surface area contributed by atoms with Crippen LogP contribution in [0, 0.1) is 5.92 Å². The van der Waals surface area contributed by atoms with Crippen LogP contribution in [0.3, 0.4) is 0 Å². The van der Waals surface area contributed by atoms with Gasteiger partial charge in [0.1, 0.15) is 0 Å². The van der Waals surface area contributed by atoms with E-state index in [0.717, 1.165) is 0 Å². The number of hydrogen-bond donors (Lipinski definition) is 2. The number of aliphatic hydroxyl groups is 1. The van der Waals surface area contributed by atoms with Crippen molar-refractivity contribution < 1.29 is 18.3 Å². The predicted molar refractivity (Wildman–Crippen MR) is 60.2 cm³/mol. The minimum Gasteiger partial charge on any atom is -0.394 e. The molecule has 1 unspecified atom stereocenters. The summed E-state index contributed by atoms with van der Waals surface area (Å²) in [5.74, 6) is 0.268. The second-order valence-corrected chi connectivity index (χ2v) is 6.04. The van der Waals surface area contributed by atoms with Crippen molar-refractivity contribution in [2.24, 2.45) is 5.92 Å². The van der Waals surface area contributed by atoms with E-state index in [1.807, 2.05) is 13.8 Å². The molecule has 1 fully saturated rings. The van der Waals surface area contributed by atoms with Crippen molar-refractivity contribution in [3.05, 3.63) is 0 Å². The van der Waals surface area contributed by atoms with Crippen LogP contribution in [-0.4, -0.2) is 56.8 Å². The maximum Gasteiger partial charge on any atom is 0.279 e. The predicted octanol–water partition coefficient (Wildman–Crippen LogP) is -0.830. The van der Waals surface area contributed by atoms with E-state index in [2.05, 4.69) is 4.72 Å². The van der Waals surface area contributed by atoms with E-state index in [-0.39, 0.29) is 19.1 Å². The summed E-state index contributed by atoms with van der Waals surface area (Å²) in [4.78, 5) is 0. The second kappa shape index (κ2) is 5.92. The highest BCUT2D eigenvalue weighted by Crippen LogP contribution is 2.08. The molecule has 1 rings (SSSR count). The first kappa shape index (κ1) is 13.9. The molecule has 0 aromatic rings. The lowest BCUT2D eigenvalue weighted by Gasteiger charge is -2.31. The molecule has 16 heavy (non-hydrogen) atoms. The summed E-state index contributed by atoms with van der Waals surface area (Å²) in [6.07, 6.45) is -0.413. The quantitative estimate of drug-likeness (QED) is 0.669. The van der Waals surface area contributed by atoms with Gasteiger partial charge in [-0.1, -0.05) is 13.8 Å². The van der Waals surface area contributed by atoms with Crippen LogP contribution in [-0.2, 0) is 14.9 Å². The van der Waals surface area contributed by atoms with Gasteiger partial charge in [-0.15, -0.1) is 0 Å². The monoisotopic (exact) mass is 252 g/mol. The van der Waals surface area contributed by atoms with E-state index in [1.165, 1.54) is 4.31 Å². The SMILES string of the molecule is CC(C)CNS(=O)(=O)N1CCOC(CO)C1. The Balaban J connectivity index is 2.54. The standard InChI is InChI=1S/C9H20N2O4S/c1-8(2)5-10-16(13,14)11-3-4-15-9(6-11)7-12/h8-10,12H,3-7H2,1-2H3. The van der Waals surface area contributed by atoms with Gasteiger partial charge in [0, 0.05) is 19.6 Å². The summed E-state index contributed by atoms with van der Waals surface area (Å²) in [5.41, 5.74) is 0. The molecule has 0 aliphatic carbocycles. The first-order valence-electron chi connectivity index (χ1n) is 5.43. The Morgan fingerprint density at radius 1 is 1.56 bits per heavy atom. The van der Waals surface area contributed by atoms with E-state index in [9.17, 15) is 8.42 Å². The van der Waals surface area contributed by atoms with Gasteiger partial charge in [0.05, 0.1) is 19.3 Å². The topological polar surface area (TPSA) is 78.9 Å². The fourth-order valence-electron chi connectivity index (χ4n) is 1.38. The molecule has 2 N–H and O–H groups in total. The number of rotatable bonds is 5. The summed E-state index contributed by atoms with van der Waals surface area (Å²) in [6, 6.07) is 0. The molecular weight excluding hydrogens is 232 g/mol. The van der Waals surface area contributed by atoms with Crippen LogP contribution in [0.5, 0.6) is 0 Å². The van der Waals surface area contributed by atoms with Crippen LogP contribution in [0.1, 0.15) is 13.8 Å². The van der Waals surface area contributed by atoms with Crippen molar-refractivity contribution in [1.82, 2.24) is 9.03 Å². The number of ether oxygens (including phenoxy) is 1. The zero-order chi connectivity index (χ0) is 12.2. The van der Waals surface area contributed by atoms with Crippen molar-refractivity contribution in [3.63, 3.8) is 0 Å². The number of morpholine rings is 1. The Labute approximate surface area is 96.8 Å². The lowest BCUT2D eigenvalue weighted by atomic mass is 10.2. The van der Waals surface area contributed by atoms with Crippen molar-refractivity contribution >= 4 is 10.2 Å². The Bertz CT molecular complexity index is 305. The van der Waals surface area contributed by atoms with Crippen LogP contribution in [0.2, 0.25) is 0 Å². The van der Waals surface area contributed by atoms with E-state index < -0.39 is 16.3 Å². The maximum absolute atomic E-state index is 11.8. The molecule has 0 saturated carbocycles. The highest BCUT2D eigenvalue weighted by Gasteiger charge is 2.28. The van der Waals surface area contributed by atoms with Crippen LogP contribution in [0.15, 0.2) is 0 Å². The molecule has 1 aliphatic rings. The van der Waals surface area contributed by atoms with E-state index >= 15 is 0 Å². The van der Waals surface area contributed by atoms with Gasteiger partial charge < -0.3 is 9.84 Å². The Morgan fingerprint density at radius 3 is 2.81 bits per heavy atom. The van der Waals surface area contributed by atoms with Gasteiger partial charge in [-0.25, -0.2) is 4.72 Å². The molecule has 0 bridgehead atoms. The van der Waals surface area contributed by atoms with E-state index in [4.69, 9.17) is 9.84 Å². The lowest BCUT2D eigenvalue weighted by molar-refractivity contribution is -0.0307. The zero-order valence-electron chi connectivity index (χ0n) is 9.72. The first-order valence-corrected chi connectivity index (χ1v) is 6.87. The average molecular weight is 252 g/mol. The Morgan fingerprint density at radius 2 is 2.25 bits per heavy atom. The largest absolute Gasteiger partial charge is 0.394 e. The molecule has 0 aromatic carbocycles. The zero-order valence-corrected chi connectivity index (χ0v) is 10.5. The summed E-state index contributed by atoms with van der Waals surface area (Å²) < 4.78 is 32.7. The van der Waals surface area contributed by atoms with Gasteiger partial charge in [0.25, 0.3) is 10.2 Å². The molecule has 96 valence electrons. The van der Waals surface area contributed by atoms with Gasteiger partial charge in [0.2, 0.25) is 0 Å². The number of nitrogens with one attached hydrogen (secondary N) is 1. The van der Waals surface area contributed by atoms with Crippen LogP contribution in [0.25, 0.3) is 0 Å². The normalized spacial score (nSPS) is 23.9. The van der Waals surface area contributed by atoms with Gasteiger partial charge >= 0.3 is 0 Å². The molecular formula is C9H20N2O4S. The van der Waals surface area contributed by atoms with Crippen molar-refractivity contribution in [1.29, 1.82) is 0 Å². The number of aliphatic hydroxyl groups excluding tert-OH is 1. The third-order valence-corrected chi connectivity index (χ3v) is 3.86. The van der Waals surface area contributed by atoms with Gasteiger partial charge in [-0.3, -0.25) is 0 Å². The average Bonchev–Trinajstić information content (AvgIpc) is 2.27. The summed E-state index contributed by atoms with van der Waals surface area (Å²) in [6.45, 7) is 5.03. The van der Waals surface area contributed by atoms with Crippen molar-refractivity contribution in [2.45, 2.75) is 20.0 Å². The highest BCUT2D eigenvalue weighted by atomic mass is 32.2. The lowest BCUT2D eigenvalue weighted by Crippen LogP contribution is -2.51. The van der Waals surface area contributed by atoms with Crippen LogP contribution in [0.4, 0.5) is 0 Å². The molecule has 1 atom stereocenters. The van der Waals surface area contributed by atoms with Crippen molar-refractivity contribution in [3.8, 4) is 0 Å². The fourth-order valence-corrected chi connectivity index (χ4v) is 2.79. The Hall–Kier alpha value is -0.210. The number of nitrogens with zero attached hydrogens (tertiary/aromatic N) is 1. The van der Waals surface area contributed by atoms with Gasteiger partial charge in [-0.05, 0) is 5.92 Å². The second-order valence-electron chi connectivity index (χ2n) is 4.28. The molecule has 1 heterocycles. The molecule has 0 aromatic heterocycles. The smallest absolute Gasteiger partial charge is 0.279 e. The molecule has 7 heteroatoms. The summed E-state index contributed by atoms with van der Waals surface area (Å²) in [5, 5.41) is 8.93. The van der Waals surface area contributed by atoms with Crippen molar-refractivity contribution in [2.75, 3.05) is 32.8 Å². The summed E-state index contributed by atoms with van der Waals surface area (Å²) >= 11 is 0. The van der Waals surface area contributed by atoms with Crippen LogP contribution >= 0.6 is 0 Å². The molecule has 0 spiro atoms. The third-order valence-electron chi connectivity index (χ3n) is 2.32. The molecule has 1 saturated heterocycles. The van der Waals surface area contributed by atoms with Gasteiger partial charge in [0.15, 0.2) is 0 Å². The fraction of sp³-hybridized carbons (Fsp3) is 1.00. The number of hydrogen-bond acceptors (Lipinski definition) is 4. The molecule has 0 amide bonds. The molecule has 6 nitrogen and oxygen atoms in total. The summed E-state index contributed by atoms with van der Waals surface area (Å²) in [7, 11) is -3.43. The molecule has 0 radical (unpaired) electrons. The molecule has 1 aliphatic heterocycles. The highest BCUT2D eigenvalue weighted by molar-refractivity contribution is 7.87.